The largest absolute Gasteiger partial charge is 0.329 e. The minimum atomic E-state index is -0.469. The van der Waals surface area contributed by atoms with Crippen molar-refractivity contribution in [2.45, 2.75) is 18.5 Å². The molecule has 0 radical (unpaired) electrons. The normalized spacial score (nSPS) is 18.8. The molecule has 6 nitrogen and oxygen atoms in total. The molecule has 2 aromatic heterocycles. The quantitative estimate of drug-likeness (QED) is 0.186. The summed E-state index contributed by atoms with van der Waals surface area (Å²) < 4.78 is 2.42. The first kappa shape index (κ1) is 28.7. The van der Waals surface area contributed by atoms with Crippen LogP contribution < -0.4 is 14.7 Å². The van der Waals surface area contributed by atoms with Crippen LogP contribution in [0.1, 0.15) is 12.5 Å². The second-order valence-electron chi connectivity index (χ2n) is 14.4. The predicted octanol–water partition coefficient (Wildman–Crippen LogP) is 11.4. The Bertz CT molecular complexity index is 2900. The van der Waals surface area contributed by atoms with Crippen LogP contribution in [0.3, 0.4) is 0 Å². The lowest BCUT2D eigenvalue weighted by atomic mass is 9.78. The van der Waals surface area contributed by atoms with Crippen LogP contribution in [0.5, 0.6) is 0 Å². The summed E-state index contributed by atoms with van der Waals surface area (Å²) in [4.78, 5) is 18.2. The second-order valence-corrected chi connectivity index (χ2v) is 14.4. The topological polar surface area (TPSA) is 40.4 Å². The van der Waals surface area contributed by atoms with Gasteiger partial charge in [0.25, 0.3) is 0 Å². The molecule has 0 spiro atoms. The fraction of sp³-hybridized carbons (Fsp3) is 0.0638. The van der Waals surface area contributed by atoms with E-state index in [1.807, 2.05) is 6.07 Å². The Hall–Kier alpha value is -6.92. The highest BCUT2D eigenvalue weighted by molar-refractivity contribution is 6.16. The van der Waals surface area contributed by atoms with Gasteiger partial charge in [-0.1, -0.05) is 121 Å². The Labute approximate surface area is 306 Å². The summed E-state index contributed by atoms with van der Waals surface area (Å²) >= 11 is 0. The molecule has 250 valence electrons. The monoisotopic (exact) mass is 680 g/mol. The molecule has 0 amide bonds. The molecule has 6 aromatic carbocycles. The van der Waals surface area contributed by atoms with Crippen molar-refractivity contribution in [1.29, 1.82) is 0 Å². The average molecular weight is 681 g/mol. The molecule has 0 saturated carbocycles. The van der Waals surface area contributed by atoms with E-state index >= 15 is 0 Å². The third-order valence-electron chi connectivity index (χ3n) is 11.6. The zero-order chi connectivity index (χ0) is 34.8. The van der Waals surface area contributed by atoms with Gasteiger partial charge in [-0.25, -0.2) is 9.97 Å². The minimum Gasteiger partial charge on any atom is -0.329 e. The van der Waals surface area contributed by atoms with E-state index in [2.05, 4.69) is 190 Å². The summed E-state index contributed by atoms with van der Waals surface area (Å²) in [5.41, 5.74) is 12.3. The number of anilines is 7. The number of nitrogens with zero attached hydrogens (tertiary/aromatic N) is 6. The first-order chi connectivity index (χ1) is 26.2. The third-order valence-corrected chi connectivity index (χ3v) is 11.6. The van der Waals surface area contributed by atoms with Crippen LogP contribution in [0.4, 0.5) is 40.1 Å². The second kappa shape index (κ2) is 10.3. The lowest BCUT2D eigenvalue weighted by molar-refractivity contribution is 0.494. The highest BCUT2D eigenvalue weighted by Crippen LogP contribution is 2.59. The SMILES string of the molecule is CC12C=CC=C3c4ccccc4N(c4ccccc4N1c1cc(N4c5ccccc5-n5c6ccccc6c6cccc4c65)nc(-c4ccccc4)n1)C32. The number of benzene rings is 6. The fourth-order valence-electron chi connectivity index (χ4n) is 9.52. The number of rotatable bonds is 3. The molecule has 2 atom stereocenters. The predicted molar refractivity (Wildman–Crippen MR) is 217 cm³/mol. The summed E-state index contributed by atoms with van der Waals surface area (Å²) in [6.45, 7) is 2.36. The van der Waals surface area contributed by atoms with Gasteiger partial charge < -0.3 is 14.4 Å². The Morgan fingerprint density at radius 3 is 2.09 bits per heavy atom. The summed E-state index contributed by atoms with van der Waals surface area (Å²) in [7, 11) is 0. The Morgan fingerprint density at radius 2 is 1.23 bits per heavy atom. The Morgan fingerprint density at radius 1 is 0.566 bits per heavy atom. The van der Waals surface area contributed by atoms with Gasteiger partial charge in [-0.3, -0.25) is 4.90 Å². The summed E-state index contributed by atoms with van der Waals surface area (Å²) in [5.74, 6) is 2.35. The van der Waals surface area contributed by atoms with E-state index in [0.717, 1.165) is 39.9 Å². The molecule has 0 N–H and O–H groups in total. The lowest BCUT2D eigenvalue weighted by Crippen LogP contribution is -2.60. The molecule has 0 bridgehead atoms. The first-order valence-electron chi connectivity index (χ1n) is 18.2. The smallest absolute Gasteiger partial charge is 0.163 e. The molecular weight excluding hydrogens is 649 g/mol. The van der Waals surface area contributed by atoms with E-state index < -0.39 is 5.54 Å². The molecule has 0 fully saturated rings. The number of para-hydroxylation sites is 7. The van der Waals surface area contributed by atoms with Gasteiger partial charge in [0, 0.05) is 33.7 Å². The zero-order valence-electron chi connectivity index (χ0n) is 28.9. The van der Waals surface area contributed by atoms with E-state index in [4.69, 9.17) is 9.97 Å². The number of hydrogen-bond donors (Lipinski definition) is 0. The summed E-state index contributed by atoms with van der Waals surface area (Å²) in [5, 5.41) is 2.46. The van der Waals surface area contributed by atoms with Crippen molar-refractivity contribution >= 4 is 67.5 Å². The molecule has 4 aliphatic rings. The van der Waals surface area contributed by atoms with Crippen LogP contribution in [0.15, 0.2) is 170 Å². The standard InChI is InChI=1S/C47H32N6/c1-47-28-14-20-34-32-18-6-8-22-36(32)52(45(34)47)39-25-11-12-26-40(39)53(47)43-29-42(48-46(49-43)30-15-3-2-4-16-30)50-37-23-9-10-24-38(37)51-35-21-7-5-17-31(35)33-19-13-27-41(50)44(33)51/h2-29,45H,1H3. The molecule has 3 aliphatic heterocycles. The minimum absolute atomic E-state index is 0.0542. The van der Waals surface area contributed by atoms with Crippen LogP contribution in [0, 0.1) is 0 Å². The average Bonchev–Trinajstić information content (AvgIpc) is 3.74. The van der Waals surface area contributed by atoms with Crippen LogP contribution in [-0.2, 0) is 0 Å². The van der Waals surface area contributed by atoms with E-state index in [0.29, 0.717) is 5.82 Å². The van der Waals surface area contributed by atoms with E-state index in [-0.39, 0.29) is 6.04 Å². The zero-order valence-corrected chi connectivity index (χ0v) is 28.9. The van der Waals surface area contributed by atoms with Crippen LogP contribution in [0.25, 0.3) is 44.5 Å². The molecule has 12 rings (SSSR count). The van der Waals surface area contributed by atoms with Crippen LogP contribution in [0.2, 0.25) is 0 Å². The number of allylic oxidation sites excluding steroid dienone is 2. The van der Waals surface area contributed by atoms with Gasteiger partial charge in [-0.15, -0.1) is 0 Å². The lowest BCUT2D eigenvalue weighted by Gasteiger charge is -2.54. The van der Waals surface area contributed by atoms with Crippen molar-refractivity contribution in [2.75, 3.05) is 14.7 Å². The maximum atomic E-state index is 5.47. The van der Waals surface area contributed by atoms with E-state index in [9.17, 15) is 0 Å². The van der Waals surface area contributed by atoms with Gasteiger partial charge >= 0.3 is 0 Å². The number of aromatic nitrogens is 3. The van der Waals surface area contributed by atoms with Gasteiger partial charge in [0.15, 0.2) is 5.82 Å². The van der Waals surface area contributed by atoms with Crippen molar-refractivity contribution in [2.24, 2.45) is 0 Å². The maximum absolute atomic E-state index is 5.47. The van der Waals surface area contributed by atoms with Crippen molar-refractivity contribution < 1.29 is 0 Å². The fourth-order valence-corrected chi connectivity index (χ4v) is 9.52. The van der Waals surface area contributed by atoms with E-state index in [1.165, 1.54) is 44.3 Å². The first-order valence-corrected chi connectivity index (χ1v) is 18.2. The third kappa shape index (κ3) is 3.71. The highest BCUT2D eigenvalue weighted by Gasteiger charge is 2.54. The van der Waals surface area contributed by atoms with E-state index in [1.54, 1.807) is 0 Å². The van der Waals surface area contributed by atoms with Crippen LogP contribution >= 0.6 is 0 Å². The highest BCUT2D eigenvalue weighted by atomic mass is 15.4. The van der Waals surface area contributed by atoms with Crippen molar-refractivity contribution in [3.63, 3.8) is 0 Å². The maximum Gasteiger partial charge on any atom is 0.163 e. The van der Waals surface area contributed by atoms with Crippen molar-refractivity contribution in [1.82, 2.24) is 14.5 Å². The Balaban J connectivity index is 1.15. The van der Waals surface area contributed by atoms with Gasteiger partial charge in [-0.05, 0) is 55.0 Å². The molecular formula is C47H32N6. The summed E-state index contributed by atoms with van der Waals surface area (Å²) in [6.07, 6.45) is 6.88. The number of hydrogen-bond acceptors (Lipinski definition) is 5. The molecule has 8 aromatic rings. The molecule has 2 unspecified atom stereocenters. The van der Waals surface area contributed by atoms with Crippen LogP contribution in [-0.4, -0.2) is 26.1 Å². The van der Waals surface area contributed by atoms with Gasteiger partial charge in [0.05, 0.1) is 51.1 Å². The van der Waals surface area contributed by atoms with Crippen molar-refractivity contribution in [3.05, 3.63) is 175 Å². The van der Waals surface area contributed by atoms with Crippen molar-refractivity contribution in [3.8, 4) is 17.1 Å². The molecule has 5 heterocycles. The molecule has 1 aliphatic carbocycles. The molecule has 53 heavy (non-hydrogen) atoms. The van der Waals surface area contributed by atoms with Gasteiger partial charge in [0.2, 0.25) is 0 Å². The molecule has 6 heteroatoms. The van der Waals surface area contributed by atoms with Gasteiger partial charge in [0.1, 0.15) is 11.6 Å². The number of fused-ring (bicyclic) bond motifs is 10. The molecule has 0 saturated heterocycles. The Kier molecular flexibility index (Phi) is 5.60. The van der Waals surface area contributed by atoms with Gasteiger partial charge in [-0.2, -0.15) is 0 Å². The summed E-state index contributed by atoms with van der Waals surface area (Å²) in [6, 6.07) is 54.3.